The number of alkyl halides is 1. The Labute approximate surface area is 105 Å². The molecule has 0 radical (unpaired) electrons. The molecular formula is C9H15ClN2O4S. The molecule has 2 unspecified atom stereocenters. The third kappa shape index (κ3) is 3.65. The Morgan fingerprint density at radius 2 is 2.12 bits per heavy atom. The van der Waals surface area contributed by atoms with Gasteiger partial charge in [-0.1, -0.05) is 6.92 Å². The maximum Gasteiger partial charge on any atom is 0.247 e. The first-order valence-electron chi connectivity index (χ1n) is 5.13. The molecule has 6 nitrogen and oxygen atoms in total. The van der Waals surface area contributed by atoms with E-state index in [0.29, 0.717) is 0 Å². The zero-order chi connectivity index (χ0) is 13.2. The number of rotatable bonds is 5. The van der Waals surface area contributed by atoms with Gasteiger partial charge in [-0.05, 0) is 5.92 Å². The molecule has 1 rings (SSSR count). The first kappa shape index (κ1) is 14.4. The van der Waals surface area contributed by atoms with Crippen LogP contribution in [0.4, 0.5) is 0 Å². The van der Waals surface area contributed by atoms with Crippen molar-refractivity contribution in [1.29, 1.82) is 0 Å². The second kappa shape index (κ2) is 5.32. The van der Waals surface area contributed by atoms with Gasteiger partial charge in [0.15, 0.2) is 0 Å². The molecule has 0 aromatic rings. The Morgan fingerprint density at radius 1 is 1.53 bits per heavy atom. The summed E-state index contributed by atoms with van der Waals surface area (Å²) in [5, 5.41) is 0. The van der Waals surface area contributed by atoms with Crippen LogP contribution in [0.1, 0.15) is 13.3 Å². The molecule has 1 N–H and O–H groups in total. The van der Waals surface area contributed by atoms with Crippen LogP contribution in [-0.2, 0) is 19.6 Å². The number of halogens is 1. The molecule has 17 heavy (non-hydrogen) atoms. The van der Waals surface area contributed by atoms with E-state index in [9.17, 15) is 18.0 Å². The fourth-order valence-electron chi connectivity index (χ4n) is 1.53. The van der Waals surface area contributed by atoms with Crippen LogP contribution in [-0.4, -0.2) is 49.9 Å². The number of carbonyl (C=O) groups is 2. The van der Waals surface area contributed by atoms with Crippen molar-refractivity contribution in [3.63, 3.8) is 0 Å². The Morgan fingerprint density at radius 3 is 2.53 bits per heavy atom. The molecule has 0 aromatic carbocycles. The van der Waals surface area contributed by atoms with Gasteiger partial charge in [0.1, 0.15) is 6.04 Å². The lowest BCUT2D eigenvalue weighted by molar-refractivity contribution is -0.137. The molecular weight excluding hydrogens is 268 g/mol. The van der Waals surface area contributed by atoms with Crippen molar-refractivity contribution in [2.24, 2.45) is 5.92 Å². The molecule has 2 amide bonds. The number of likely N-dealkylation sites (tertiary alicyclic amines) is 1. The van der Waals surface area contributed by atoms with Crippen LogP contribution in [0.5, 0.6) is 0 Å². The van der Waals surface area contributed by atoms with Crippen LogP contribution in [0.3, 0.4) is 0 Å². The zero-order valence-corrected chi connectivity index (χ0v) is 11.2. The van der Waals surface area contributed by atoms with E-state index >= 15 is 0 Å². The number of amides is 2. The lowest BCUT2D eigenvalue weighted by Gasteiger charge is -2.13. The van der Waals surface area contributed by atoms with Gasteiger partial charge in [-0.25, -0.2) is 13.1 Å². The normalized spacial score (nSPS) is 23.2. The highest BCUT2D eigenvalue weighted by atomic mass is 35.5. The van der Waals surface area contributed by atoms with Crippen molar-refractivity contribution < 1.29 is 18.0 Å². The van der Waals surface area contributed by atoms with Crippen LogP contribution in [0.15, 0.2) is 0 Å². The van der Waals surface area contributed by atoms with E-state index in [2.05, 4.69) is 4.72 Å². The van der Waals surface area contributed by atoms with Crippen molar-refractivity contribution in [2.45, 2.75) is 19.4 Å². The molecule has 2 atom stereocenters. The zero-order valence-electron chi connectivity index (χ0n) is 9.64. The molecule has 0 aliphatic carbocycles. The summed E-state index contributed by atoms with van der Waals surface area (Å²) in [5.74, 6) is -1.04. The van der Waals surface area contributed by atoms with Gasteiger partial charge in [0.2, 0.25) is 21.8 Å². The number of sulfonamides is 1. The Hall–Kier alpha value is -0.660. The topological polar surface area (TPSA) is 83.6 Å². The minimum Gasteiger partial charge on any atom is -0.284 e. The summed E-state index contributed by atoms with van der Waals surface area (Å²) in [6.45, 7) is 1.69. The lowest BCUT2D eigenvalue weighted by Crippen LogP contribution is -2.42. The minimum atomic E-state index is -3.59. The van der Waals surface area contributed by atoms with E-state index in [1.54, 1.807) is 6.92 Å². The van der Waals surface area contributed by atoms with Gasteiger partial charge in [-0.15, -0.1) is 11.6 Å². The highest BCUT2D eigenvalue weighted by Gasteiger charge is 2.38. The molecule has 1 fully saturated rings. The maximum atomic E-state index is 11.7. The van der Waals surface area contributed by atoms with E-state index < -0.39 is 22.0 Å². The molecule has 0 aromatic heterocycles. The molecule has 1 aliphatic rings. The molecule has 1 aliphatic heterocycles. The third-order valence-corrected chi connectivity index (χ3v) is 4.65. The van der Waals surface area contributed by atoms with Gasteiger partial charge in [0.05, 0.1) is 12.2 Å². The van der Waals surface area contributed by atoms with Crippen molar-refractivity contribution in [3.05, 3.63) is 0 Å². The smallest absolute Gasteiger partial charge is 0.247 e. The summed E-state index contributed by atoms with van der Waals surface area (Å²) >= 11 is 5.53. The summed E-state index contributed by atoms with van der Waals surface area (Å²) in [6.07, 6.45) is -0.121. The minimum absolute atomic E-state index is 0.121. The van der Waals surface area contributed by atoms with E-state index in [-0.39, 0.29) is 29.9 Å². The Balaban J connectivity index is 2.66. The van der Waals surface area contributed by atoms with E-state index in [1.807, 2.05) is 0 Å². The molecule has 0 spiro atoms. The van der Waals surface area contributed by atoms with Gasteiger partial charge >= 0.3 is 0 Å². The van der Waals surface area contributed by atoms with Crippen molar-refractivity contribution in [2.75, 3.05) is 18.7 Å². The van der Waals surface area contributed by atoms with Gasteiger partial charge in [0.25, 0.3) is 0 Å². The van der Waals surface area contributed by atoms with Crippen LogP contribution in [0, 0.1) is 5.92 Å². The number of hydrogen-bond donors (Lipinski definition) is 1. The highest BCUT2D eigenvalue weighted by Crippen LogP contribution is 2.12. The van der Waals surface area contributed by atoms with Gasteiger partial charge < -0.3 is 0 Å². The molecule has 0 saturated carbocycles. The summed E-state index contributed by atoms with van der Waals surface area (Å²) in [6, 6.07) is -0.972. The second-order valence-electron chi connectivity index (χ2n) is 4.21. The lowest BCUT2D eigenvalue weighted by atomic mass is 10.3. The SMILES string of the molecule is CC(CCl)CS(=O)(=O)NC1CC(=O)N(C)C1=O. The summed E-state index contributed by atoms with van der Waals surface area (Å²) in [7, 11) is -2.26. The summed E-state index contributed by atoms with van der Waals surface area (Å²) in [4.78, 5) is 23.6. The fourth-order valence-corrected chi connectivity index (χ4v) is 3.35. The molecule has 98 valence electrons. The van der Waals surface area contributed by atoms with E-state index in [0.717, 1.165) is 4.90 Å². The summed E-state index contributed by atoms with van der Waals surface area (Å²) in [5.41, 5.74) is 0. The molecule has 0 bridgehead atoms. The fraction of sp³-hybridized carbons (Fsp3) is 0.778. The third-order valence-electron chi connectivity index (χ3n) is 2.47. The number of hydrogen-bond acceptors (Lipinski definition) is 4. The van der Waals surface area contributed by atoms with Crippen LogP contribution in [0.2, 0.25) is 0 Å². The number of likely N-dealkylation sites (N-methyl/N-ethyl adjacent to an activating group) is 1. The Bertz CT molecular complexity index is 423. The number of nitrogens with one attached hydrogen (secondary N) is 1. The highest BCUT2D eigenvalue weighted by molar-refractivity contribution is 7.89. The number of nitrogens with zero attached hydrogens (tertiary/aromatic N) is 1. The van der Waals surface area contributed by atoms with Gasteiger partial charge in [-0.3, -0.25) is 14.5 Å². The number of carbonyl (C=O) groups excluding carboxylic acids is 2. The second-order valence-corrected chi connectivity index (χ2v) is 6.31. The summed E-state index contributed by atoms with van der Waals surface area (Å²) < 4.78 is 25.6. The predicted molar refractivity (Wildman–Crippen MR) is 63.0 cm³/mol. The van der Waals surface area contributed by atoms with Crippen LogP contribution < -0.4 is 4.72 Å². The average Bonchev–Trinajstić information content (AvgIpc) is 2.45. The molecule has 1 heterocycles. The van der Waals surface area contributed by atoms with Gasteiger partial charge in [-0.2, -0.15) is 0 Å². The monoisotopic (exact) mass is 282 g/mol. The predicted octanol–water partition coefficient (Wildman–Crippen LogP) is -0.462. The largest absolute Gasteiger partial charge is 0.284 e. The number of imide groups is 1. The van der Waals surface area contributed by atoms with Crippen molar-refractivity contribution in [3.8, 4) is 0 Å². The van der Waals surface area contributed by atoms with Crippen molar-refractivity contribution in [1.82, 2.24) is 9.62 Å². The van der Waals surface area contributed by atoms with E-state index in [4.69, 9.17) is 11.6 Å². The molecule has 1 saturated heterocycles. The standard InChI is InChI=1S/C9H15ClN2O4S/c1-6(4-10)5-17(15,16)11-7-3-8(13)12(2)9(7)14/h6-7,11H,3-5H2,1-2H3. The van der Waals surface area contributed by atoms with Crippen LogP contribution in [0.25, 0.3) is 0 Å². The van der Waals surface area contributed by atoms with E-state index in [1.165, 1.54) is 7.05 Å². The average molecular weight is 283 g/mol. The van der Waals surface area contributed by atoms with Crippen LogP contribution >= 0.6 is 11.6 Å². The quantitative estimate of drug-likeness (QED) is 0.546. The van der Waals surface area contributed by atoms with Gasteiger partial charge in [0, 0.05) is 12.9 Å². The molecule has 8 heteroatoms. The first-order chi connectivity index (χ1) is 7.76. The maximum absolute atomic E-state index is 11.7. The first-order valence-corrected chi connectivity index (χ1v) is 7.32. The van der Waals surface area contributed by atoms with Crippen molar-refractivity contribution >= 4 is 33.4 Å². The Kier molecular flexibility index (Phi) is 4.51.